The highest BCUT2D eigenvalue weighted by atomic mass is 35.5. The molecule has 0 saturated carbocycles. The summed E-state index contributed by atoms with van der Waals surface area (Å²) in [6, 6.07) is 7.93. The number of hydrogen-bond acceptors (Lipinski definition) is 2. The summed E-state index contributed by atoms with van der Waals surface area (Å²) in [6.07, 6.45) is 0. The highest BCUT2D eigenvalue weighted by Crippen LogP contribution is 2.29. The van der Waals surface area contributed by atoms with Gasteiger partial charge in [-0.15, -0.1) is 23.4 Å². The highest BCUT2D eigenvalue weighted by molar-refractivity contribution is 7.99. The number of carbonyl (C=O) groups excluding carboxylic acids is 1. The number of alkyl halides is 1. The lowest BCUT2D eigenvalue weighted by atomic mass is 10.3. The predicted octanol–water partition coefficient (Wildman–Crippen LogP) is 3.39. The van der Waals surface area contributed by atoms with Crippen LogP contribution in [0.15, 0.2) is 29.2 Å². The molecule has 0 heterocycles. The van der Waals surface area contributed by atoms with Crippen molar-refractivity contribution in [3.05, 3.63) is 24.3 Å². The third kappa shape index (κ3) is 3.16. The number of carbonyl (C=O) groups is 1. The van der Waals surface area contributed by atoms with Crippen molar-refractivity contribution in [2.75, 3.05) is 23.1 Å². The van der Waals surface area contributed by atoms with Gasteiger partial charge in [-0.05, 0) is 24.8 Å². The summed E-state index contributed by atoms with van der Waals surface area (Å²) < 4.78 is 0. The van der Waals surface area contributed by atoms with E-state index in [1.807, 2.05) is 31.2 Å². The van der Waals surface area contributed by atoms with Crippen molar-refractivity contribution in [1.29, 1.82) is 0 Å². The standard InChI is InChI=1S/C12H16ClNOS/c1-3-14(12(15)9-13)10-7-5-6-8-11(10)16-4-2/h5-8H,3-4,9H2,1-2H3. The third-order valence-corrected chi connectivity index (χ3v) is 3.36. The Morgan fingerprint density at radius 2 is 2.06 bits per heavy atom. The molecular weight excluding hydrogens is 242 g/mol. The van der Waals surface area contributed by atoms with Crippen LogP contribution in [0.3, 0.4) is 0 Å². The highest BCUT2D eigenvalue weighted by Gasteiger charge is 2.15. The van der Waals surface area contributed by atoms with Gasteiger partial charge in [0.2, 0.25) is 5.91 Å². The number of para-hydroxylation sites is 1. The summed E-state index contributed by atoms with van der Waals surface area (Å²) in [5, 5.41) is 0. The van der Waals surface area contributed by atoms with Gasteiger partial charge in [0.25, 0.3) is 0 Å². The maximum Gasteiger partial charge on any atom is 0.241 e. The first-order valence-corrected chi connectivity index (χ1v) is 6.84. The van der Waals surface area contributed by atoms with Crippen LogP contribution in [0.4, 0.5) is 5.69 Å². The van der Waals surface area contributed by atoms with Gasteiger partial charge in [-0.1, -0.05) is 19.1 Å². The molecule has 0 spiro atoms. The van der Waals surface area contributed by atoms with Gasteiger partial charge >= 0.3 is 0 Å². The van der Waals surface area contributed by atoms with E-state index in [9.17, 15) is 4.79 Å². The van der Waals surface area contributed by atoms with Gasteiger partial charge in [0.1, 0.15) is 5.88 Å². The second-order valence-corrected chi connectivity index (χ2v) is 4.75. The summed E-state index contributed by atoms with van der Waals surface area (Å²) in [7, 11) is 0. The third-order valence-electron chi connectivity index (χ3n) is 2.19. The van der Waals surface area contributed by atoms with E-state index in [-0.39, 0.29) is 11.8 Å². The molecule has 1 rings (SSSR count). The predicted molar refractivity (Wildman–Crippen MR) is 71.6 cm³/mol. The van der Waals surface area contributed by atoms with Crippen LogP contribution >= 0.6 is 23.4 Å². The Morgan fingerprint density at radius 3 is 2.62 bits per heavy atom. The molecule has 1 aromatic carbocycles. The number of amides is 1. The molecule has 0 aliphatic rings. The van der Waals surface area contributed by atoms with E-state index in [0.29, 0.717) is 6.54 Å². The molecule has 0 atom stereocenters. The van der Waals surface area contributed by atoms with E-state index in [1.54, 1.807) is 16.7 Å². The normalized spacial score (nSPS) is 10.2. The van der Waals surface area contributed by atoms with E-state index in [4.69, 9.17) is 11.6 Å². The number of rotatable bonds is 5. The summed E-state index contributed by atoms with van der Waals surface area (Å²) >= 11 is 7.34. The SMILES string of the molecule is CCSc1ccccc1N(CC)C(=O)CCl. The van der Waals surface area contributed by atoms with Gasteiger partial charge in [-0.25, -0.2) is 0 Å². The zero-order valence-corrected chi connectivity index (χ0v) is 11.1. The van der Waals surface area contributed by atoms with Crippen molar-refractivity contribution in [3.63, 3.8) is 0 Å². The first-order valence-electron chi connectivity index (χ1n) is 5.32. The van der Waals surface area contributed by atoms with Crippen molar-refractivity contribution < 1.29 is 4.79 Å². The van der Waals surface area contributed by atoms with Crippen LogP contribution in [-0.2, 0) is 4.79 Å². The average molecular weight is 258 g/mol. The molecule has 88 valence electrons. The Balaban J connectivity index is 3.03. The molecule has 0 unspecified atom stereocenters. The Bertz CT molecular complexity index is 357. The Kier molecular flexibility index (Phi) is 5.71. The van der Waals surface area contributed by atoms with Gasteiger partial charge in [-0.2, -0.15) is 0 Å². The smallest absolute Gasteiger partial charge is 0.241 e. The van der Waals surface area contributed by atoms with Crippen LogP contribution in [0, 0.1) is 0 Å². The molecule has 0 saturated heterocycles. The number of thioether (sulfide) groups is 1. The van der Waals surface area contributed by atoms with E-state index in [2.05, 4.69) is 6.92 Å². The lowest BCUT2D eigenvalue weighted by molar-refractivity contribution is -0.116. The quantitative estimate of drug-likeness (QED) is 0.595. The first kappa shape index (κ1) is 13.4. The zero-order chi connectivity index (χ0) is 12.0. The largest absolute Gasteiger partial charge is 0.311 e. The summed E-state index contributed by atoms with van der Waals surface area (Å²) in [6.45, 7) is 4.70. The van der Waals surface area contributed by atoms with Gasteiger partial charge in [0.05, 0.1) is 5.69 Å². The molecule has 0 fully saturated rings. The molecule has 0 bridgehead atoms. The summed E-state index contributed by atoms with van der Waals surface area (Å²) in [4.78, 5) is 14.5. The van der Waals surface area contributed by atoms with Crippen LogP contribution in [0.5, 0.6) is 0 Å². The van der Waals surface area contributed by atoms with E-state index in [1.165, 1.54) is 0 Å². The Labute approximate surface area is 106 Å². The van der Waals surface area contributed by atoms with Crippen LogP contribution in [0.2, 0.25) is 0 Å². The van der Waals surface area contributed by atoms with Crippen molar-refractivity contribution >= 4 is 35.0 Å². The lowest BCUT2D eigenvalue weighted by Crippen LogP contribution is -2.31. The molecule has 1 amide bonds. The average Bonchev–Trinajstić information content (AvgIpc) is 2.32. The minimum atomic E-state index is -0.0479. The van der Waals surface area contributed by atoms with Crippen molar-refractivity contribution in [2.45, 2.75) is 18.7 Å². The number of hydrogen-bond donors (Lipinski definition) is 0. The summed E-state index contributed by atoms with van der Waals surface area (Å²) in [5.41, 5.74) is 0.961. The first-order chi connectivity index (χ1) is 7.74. The second kappa shape index (κ2) is 6.81. The van der Waals surface area contributed by atoms with E-state index >= 15 is 0 Å². The van der Waals surface area contributed by atoms with Crippen molar-refractivity contribution in [1.82, 2.24) is 0 Å². The number of benzene rings is 1. The maximum atomic E-state index is 11.7. The lowest BCUT2D eigenvalue weighted by Gasteiger charge is -2.22. The fourth-order valence-corrected chi connectivity index (χ4v) is 2.47. The minimum Gasteiger partial charge on any atom is -0.311 e. The van der Waals surface area contributed by atoms with Crippen molar-refractivity contribution in [3.8, 4) is 0 Å². The topological polar surface area (TPSA) is 20.3 Å². The number of nitrogens with zero attached hydrogens (tertiary/aromatic N) is 1. The van der Waals surface area contributed by atoms with Gasteiger partial charge in [-0.3, -0.25) is 4.79 Å². The van der Waals surface area contributed by atoms with Gasteiger partial charge < -0.3 is 4.90 Å². The van der Waals surface area contributed by atoms with Gasteiger partial charge in [0, 0.05) is 11.4 Å². The van der Waals surface area contributed by atoms with E-state index in [0.717, 1.165) is 16.3 Å². The molecular formula is C12H16ClNOS. The molecule has 0 aliphatic heterocycles. The molecule has 0 aliphatic carbocycles. The zero-order valence-electron chi connectivity index (χ0n) is 9.57. The fraction of sp³-hybridized carbons (Fsp3) is 0.417. The Morgan fingerprint density at radius 1 is 1.38 bits per heavy atom. The molecule has 0 radical (unpaired) electrons. The molecule has 4 heteroatoms. The summed E-state index contributed by atoms with van der Waals surface area (Å²) in [5.74, 6) is 0.969. The van der Waals surface area contributed by atoms with Crippen LogP contribution in [0.1, 0.15) is 13.8 Å². The Hall–Kier alpha value is -0.670. The van der Waals surface area contributed by atoms with Crippen LogP contribution in [0.25, 0.3) is 0 Å². The van der Waals surface area contributed by atoms with E-state index < -0.39 is 0 Å². The molecule has 2 nitrogen and oxygen atoms in total. The monoisotopic (exact) mass is 257 g/mol. The van der Waals surface area contributed by atoms with Gasteiger partial charge in [0.15, 0.2) is 0 Å². The fourth-order valence-electron chi connectivity index (χ4n) is 1.51. The molecule has 0 aromatic heterocycles. The molecule has 16 heavy (non-hydrogen) atoms. The molecule has 1 aromatic rings. The number of halogens is 1. The minimum absolute atomic E-state index is 0.0268. The molecule has 0 N–H and O–H groups in total. The maximum absolute atomic E-state index is 11.7. The van der Waals surface area contributed by atoms with Crippen molar-refractivity contribution in [2.24, 2.45) is 0 Å². The van der Waals surface area contributed by atoms with Crippen LogP contribution < -0.4 is 4.90 Å². The second-order valence-electron chi connectivity index (χ2n) is 3.17. The number of anilines is 1. The van der Waals surface area contributed by atoms with Crippen LogP contribution in [-0.4, -0.2) is 24.1 Å².